The Kier molecular flexibility index (Phi) is 5.45. The van der Waals surface area contributed by atoms with Gasteiger partial charge in [-0.2, -0.15) is 5.10 Å². The van der Waals surface area contributed by atoms with Gasteiger partial charge in [-0.05, 0) is 79.6 Å². The summed E-state index contributed by atoms with van der Waals surface area (Å²) in [7, 11) is 0. The molecule has 0 radical (unpaired) electrons. The molecule has 0 unspecified atom stereocenters. The molecule has 0 saturated heterocycles. The average molecular weight is 393 g/mol. The molecule has 29 heavy (non-hydrogen) atoms. The second-order valence-corrected chi connectivity index (χ2v) is 7.61. The van der Waals surface area contributed by atoms with Crippen molar-refractivity contribution in [2.24, 2.45) is 0 Å². The van der Waals surface area contributed by atoms with Crippen molar-refractivity contribution in [2.45, 2.75) is 44.8 Å². The maximum atomic E-state index is 14.5. The highest BCUT2D eigenvalue weighted by molar-refractivity contribution is 5.94. The molecule has 1 aromatic heterocycles. The Hall–Kier alpha value is -2.99. The van der Waals surface area contributed by atoms with Crippen molar-refractivity contribution >= 4 is 5.91 Å². The lowest BCUT2D eigenvalue weighted by molar-refractivity contribution is 0.0872. The van der Waals surface area contributed by atoms with E-state index in [4.69, 9.17) is 0 Å². The predicted octanol–water partition coefficient (Wildman–Crippen LogP) is 3.55. The van der Waals surface area contributed by atoms with Crippen LogP contribution >= 0.6 is 0 Å². The number of nitrogens with one attached hydrogen (secondary N) is 1. The molecule has 1 heterocycles. The zero-order valence-corrected chi connectivity index (χ0v) is 16.3. The van der Waals surface area contributed by atoms with Crippen molar-refractivity contribution in [3.8, 4) is 5.69 Å². The van der Waals surface area contributed by atoms with Gasteiger partial charge in [-0.25, -0.2) is 9.07 Å². The molecular weight excluding hydrogens is 369 g/mol. The molecule has 2 N–H and O–H groups in total. The molecule has 4 rings (SSSR count). The molecule has 2 aromatic carbocycles. The standard InChI is InChI=1S/C23H24FN3O2/c1-15-17(12-16-6-8-19(9-7-16)27-11-3-10-25-27)13-18(14-20(15)24)23(29)26-21-4-2-5-22(21)28/h3,6-11,13-14,21-22,28H,2,4-5,12H2,1H3,(H,26,29)/t21-,22-/m1/s1. The average Bonchev–Trinajstić information content (AvgIpc) is 3.38. The van der Waals surface area contributed by atoms with Gasteiger partial charge < -0.3 is 10.4 Å². The van der Waals surface area contributed by atoms with Gasteiger partial charge in [0.05, 0.1) is 17.8 Å². The summed E-state index contributed by atoms with van der Waals surface area (Å²) in [6.07, 6.45) is 5.91. The molecule has 1 aliphatic rings. The number of nitrogens with zero attached hydrogens (tertiary/aromatic N) is 2. The molecule has 150 valence electrons. The number of halogens is 1. The summed E-state index contributed by atoms with van der Waals surface area (Å²) in [6.45, 7) is 1.73. The second-order valence-electron chi connectivity index (χ2n) is 7.61. The van der Waals surface area contributed by atoms with Gasteiger partial charge in [0.2, 0.25) is 0 Å². The summed E-state index contributed by atoms with van der Waals surface area (Å²) in [5, 5.41) is 17.0. The van der Waals surface area contributed by atoms with Crippen LogP contribution < -0.4 is 5.32 Å². The number of benzene rings is 2. The van der Waals surface area contributed by atoms with Crippen LogP contribution in [0, 0.1) is 12.7 Å². The van der Waals surface area contributed by atoms with Crippen LogP contribution in [0.2, 0.25) is 0 Å². The summed E-state index contributed by atoms with van der Waals surface area (Å²) in [4.78, 5) is 12.6. The molecule has 1 saturated carbocycles. The number of aromatic nitrogens is 2. The molecule has 5 nitrogen and oxygen atoms in total. The molecule has 0 aliphatic heterocycles. The van der Waals surface area contributed by atoms with Gasteiger partial charge in [0, 0.05) is 18.0 Å². The minimum absolute atomic E-state index is 0.259. The minimum Gasteiger partial charge on any atom is -0.391 e. The van der Waals surface area contributed by atoms with E-state index in [1.807, 2.05) is 36.5 Å². The highest BCUT2D eigenvalue weighted by Gasteiger charge is 2.27. The van der Waals surface area contributed by atoms with Crippen LogP contribution in [0.3, 0.4) is 0 Å². The first-order chi connectivity index (χ1) is 14.0. The van der Waals surface area contributed by atoms with Crippen molar-refractivity contribution in [3.05, 3.63) is 82.9 Å². The van der Waals surface area contributed by atoms with E-state index >= 15 is 0 Å². The summed E-state index contributed by atoms with van der Waals surface area (Å²) in [5.41, 5.74) is 3.57. The van der Waals surface area contributed by atoms with E-state index in [1.54, 1.807) is 23.9 Å². The zero-order valence-electron chi connectivity index (χ0n) is 16.3. The number of hydrogen-bond acceptors (Lipinski definition) is 3. The fraction of sp³-hybridized carbons (Fsp3) is 0.304. The first-order valence-electron chi connectivity index (χ1n) is 9.88. The Labute approximate surface area is 169 Å². The highest BCUT2D eigenvalue weighted by atomic mass is 19.1. The largest absolute Gasteiger partial charge is 0.391 e. The number of hydrogen-bond donors (Lipinski definition) is 2. The van der Waals surface area contributed by atoms with Crippen LogP contribution in [0.25, 0.3) is 5.69 Å². The maximum absolute atomic E-state index is 14.5. The number of carbonyl (C=O) groups is 1. The Balaban J connectivity index is 1.53. The van der Waals surface area contributed by atoms with Crippen LogP contribution in [0.15, 0.2) is 54.9 Å². The van der Waals surface area contributed by atoms with Crippen molar-refractivity contribution in [1.29, 1.82) is 0 Å². The maximum Gasteiger partial charge on any atom is 0.251 e. The first-order valence-corrected chi connectivity index (χ1v) is 9.88. The Morgan fingerprint density at radius 1 is 1.28 bits per heavy atom. The van der Waals surface area contributed by atoms with E-state index in [9.17, 15) is 14.3 Å². The van der Waals surface area contributed by atoms with E-state index in [-0.39, 0.29) is 17.5 Å². The number of aliphatic hydroxyl groups excluding tert-OH is 1. The van der Waals surface area contributed by atoms with Crippen LogP contribution in [0.5, 0.6) is 0 Å². The molecular formula is C23H24FN3O2. The summed E-state index contributed by atoms with van der Waals surface area (Å²) < 4.78 is 16.3. The fourth-order valence-corrected chi connectivity index (χ4v) is 3.82. The van der Waals surface area contributed by atoms with Gasteiger partial charge in [0.25, 0.3) is 5.91 Å². The van der Waals surface area contributed by atoms with Gasteiger partial charge in [-0.1, -0.05) is 12.1 Å². The third-order valence-electron chi connectivity index (χ3n) is 5.61. The summed E-state index contributed by atoms with van der Waals surface area (Å²) in [5.74, 6) is -0.738. The predicted molar refractivity (Wildman–Crippen MR) is 109 cm³/mol. The van der Waals surface area contributed by atoms with Crippen molar-refractivity contribution in [2.75, 3.05) is 0 Å². The van der Waals surface area contributed by atoms with E-state index in [2.05, 4.69) is 10.4 Å². The van der Waals surface area contributed by atoms with E-state index in [1.165, 1.54) is 6.07 Å². The van der Waals surface area contributed by atoms with Gasteiger partial charge in [-0.3, -0.25) is 4.79 Å². The fourth-order valence-electron chi connectivity index (χ4n) is 3.82. The molecule has 2 atom stereocenters. The topological polar surface area (TPSA) is 67.2 Å². The first kappa shape index (κ1) is 19.3. The van der Waals surface area contributed by atoms with E-state index < -0.39 is 11.9 Å². The van der Waals surface area contributed by atoms with Gasteiger partial charge in [-0.15, -0.1) is 0 Å². The Bertz CT molecular complexity index is 1000. The molecule has 1 aliphatic carbocycles. The minimum atomic E-state index is -0.526. The Morgan fingerprint density at radius 3 is 2.72 bits per heavy atom. The molecule has 3 aromatic rings. The van der Waals surface area contributed by atoms with Crippen molar-refractivity contribution in [3.63, 3.8) is 0 Å². The van der Waals surface area contributed by atoms with E-state index in [0.29, 0.717) is 18.4 Å². The van der Waals surface area contributed by atoms with Gasteiger partial charge in [0.1, 0.15) is 5.82 Å². The number of aliphatic hydroxyl groups is 1. The van der Waals surface area contributed by atoms with Crippen LogP contribution in [-0.4, -0.2) is 32.9 Å². The summed E-state index contributed by atoms with van der Waals surface area (Å²) in [6, 6.07) is 12.5. The van der Waals surface area contributed by atoms with Gasteiger partial charge >= 0.3 is 0 Å². The third kappa shape index (κ3) is 4.22. The SMILES string of the molecule is Cc1c(F)cc(C(=O)N[C@@H]2CCC[C@H]2O)cc1Cc1ccc(-n2cccn2)cc1. The van der Waals surface area contributed by atoms with E-state index in [0.717, 1.165) is 29.7 Å². The van der Waals surface area contributed by atoms with Crippen LogP contribution in [0.4, 0.5) is 4.39 Å². The molecule has 6 heteroatoms. The number of carbonyl (C=O) groups excluding carboxylic acids is 1. The van der Waals surface area contributed by atoms with Crippen LogP contribution in [-0.2, 0) is 6.42 Å². The van der Waals surface area contributed by atoms with Gasteiger partial charge in [0.15, 0.2) is 0 Å². The lowest BCUT2D eigenvalue weighted by Crippen LogP contribution is -2.39. The lowest BCUT2D eigenvalue weighted by Gasteiger charge is -2.17. The Morgan fingerprint density at radius 2 is 2.07 bits per heavy atom. The molecule has 0 spiro atoms. The lowest BCUT2D eigenvalue weighted by atomic mass is 9.97. The van der Waals surface area contributed by atoms with Crippen molar-refractivity contribution in [1.82, 2.24) is 15.1 Å². The quantitative estimate of drug-likeness (QED) is 0.697. The van der Waals surface area contributed by atoms with Crippen molar-refractivity contribution < 1.29 is 14.3 Å². The number of rotatable bonds is 5. The zero-order chi connectivity index (χ0) is 20.4. The third-order valence-corrected chi connectivity index (χ3v) is 5.61. The monoisotopic (exact) mass is 393 g/mol. The smallest absolute Gasteiger partial charge is 0.251 e. The normalized spacial score (nSPS) is 18.7. The summed E-state index contributed by atoms with van der Waals surface area (Å²) >= 11 is 0. The highest BCUT2D eigenvalue weighted by Crippen LogP contribution is 2.22. The van der Waals surface area contributed by atoms with Crippen LogP contribution in [0.1, 0.15) is 46.3 Å². The number of amides is 1. The second kappa shape index (κ2) is 8.17. The molecule has 0 bridgehead atoms. The molecule has 1 amide bonds. The molecule has 1 fully saturated rings.